The maximum atomic E-state index is 11.3. The molecule has 0 aliphatic carbocycles. The molecule has 0 aromatic heterocycles. The second-order valence-electron chi connectivity index (χ2n) is 3.87. The standard InChI is InChI=1S/C11H16O3S/c1-8-4-5-10(15(3,13)14)6-11(8)9(2)7-12/h4-6,9,12H,7H2,1-3H3. The second kappa shape index (κ2) is 4.33. The smallest absolute Gasteiger partial charge is 0.175 e. The van der Waals surface area contributed by atoms with Gasteiger partial charge in [-0.1, -0.05) is 13.0 Å². The van der Waals surface area contributed by atoms with E-state index >= 15 is 0 Å². The fourth-order valence-electron chi connectivity index (χ4n) is 1.48. The number of aliphatic hydroxyl groups excluding tert-OH is 1. The summed E-state index contributed by atoms with van der Waals surface area (Å²) >= 11 is 0. The van der Waals surface area contributed by atoms with Crippen LogP contribution in [0.3, 0.4) is 0 Å². The van der Waals surface area contributed by atoms with E-state index < -0.39 is 9.84 Å². The van der Waals surface area contributed by atoms with E-state index in [9.17, 15) is 8.42 Å². The van der Waals surface area contributed by atoms with Crippen LogP contribution in [-0.2, 0) is 9.84 Å². The van der Waals surface area contributed by atoms with E-state index in [2.05, 4.69) is 0 Å². The van der Waals surface area contributed by atoms with Gasteiger partial charge < -0.3 is 5.11 Å². The lowest BCUT2D eigenvalue weighted by Crippen LogP contribution is -2.04. The Morgan fingerprint density at radius 3 is 2.47 bits per heavy atom. The van der Waals surface area contributed by atoms with Crippen LogP contribution in [0.15, 0.2) is 23.1 Å². The van der Waals surface area contributed by atoms with Crippen molar-refractivity contribution in [3.05, 3.63) is 29.3 Å². The molecule has 0 bridgehead atoms. The van der Waals surface area contributed by atoms with Crippen LogP contribution in [0.4, 0.5) is 0 Å². The first-order chi connectivity index (χ1) is 6.86. The van der Waals surface area contributed by atoms with Gasteiger partial charge in [0.1, 0.15) is 0 Å². The summed E-state index contributed by atoms with van der Waals surface area (Å²) in [4.78, 5) is 0.309. The van der Waals surface area contributed by atoms with Gasteiger partial charge in [0.2, 0.25) is 0 Å². The summed E-state index contributed by atoms with van der Waals surface area (Å²) in [5.41, 5.74) is 1.89. The van der Waals surface area contributed by atoms with Crippen molar-refractivity contribution in [3.63, 3.8) is 0 Å². The van der Waals surface area contributed by atoms with E-state index in [1.54, 1.807) is 18.2 Å². The van der Waals surface area contributed by atoms with Crippen LogP contribution in [0.2, 0.25) is 0 Å². The zero-order chi connectivity index (χ0) is 11.6. The molecule has 0 saturated heterocycles. The lowest BCUT2D eigenvalue weighted by molar-refractivity contribution is 0.272. The summed E-state index contributed by atoms with van der Waals surface area (Å²) in [5, 5.41) is 9.06. The van der Waals surface area contributed by atoms with Gasteiger partial charge >= 0.3 is 0 Å². The highest BCUT2D eigenvalue weighted by Gasteiger charge is 2.12. The lowest BCUT2D eigenvalue weighted by atomic mass is 9.97. The van der Waals surface area contributed by atoms with Crippen molar-refractivity contribution in [1.82, 2.24) is 0 Å². The molecule has 84 valence electrons. The average molecular weight is 228 g/mol. The van der Waals surface area contributed by atoms with Gasteiger partial charge in [-0.25, -0.2) is 8.42 Å². The summed E-state index contributed by atoms with van der Waals surface area (Å²) < 4.78 is 22.7. The molecule has 0 amide bonds. The molecule has 4 heteroatoms. The summed E-state index contributed by atoms with van der Waals surface area (Å²) in [7, 11) is -3.17. The first kappa shape index (κ1) is 12.2. The van der Waals surface area contributed by atoms with Crippen LogP contribution in [0, 0.1) is 6.92 Å². The average Bonchev–Trinajstić information content (AvgIpc) is 2.15. The minimum atomic E-state index is -3.17. The first-order valence-corrected chi connectivity index (χ1v) is 6.67. The van der Waals surface area contributed by atoms with E-state index in [-0.39, 0.29) is 12.5 Å². The number of hydrogen-bond acceptors (Lipinski definition) is 3. The molecule has 0 aliphatic rings. The second-order valence-corrected chi connectivity index (χ2v) is 5.89. The van der Waals surface area contributed by atoms with E-state index in [1.165, 1.54) is 6.26 Å². The zero-order valence-electron chi connectivity index (χ0n) is 9.19. The summed E-state index contributed by atoms with van der Waals surface area (Å²) in [6.45, 7) is 3.80. The highest BCUT2D eigenvalue weighted by molar-refractivity contribution is 7.90. The molecule has 0 spiro atoms. The highest BCUT2D eigenvalue weighted by Crippen LogP contribution is 2.22. The molecule has 3 nitrogen and oxygen atoms in total. The lowest BCUT2D eigenvalue weighted by Gasteiger charge is -2.13. The van der Waals surface area contributed by atoms with Gasteiger partial charge in [-0.3, -0.25) is 0 Å². The van der Waals surface area contributed by atoms with Crippen LogP contribution >= 0.6 is 0 Å². The van der Waals surface area contributed by atoms with Crippen molar-refractivity contribution in [2.24, 2.45) is 0 Å². The molecular weight excluding hydrogens is 212 g/mol. The van der Waals surface area contributed by atoms with Gasteiger partial charge in [-0.05, 0) is 30.2 Å². The Morgan fingerprint density at radius 1 is 1.40 bits per heavy atom. The minimum absolute atomic E-state index is 0.0219. The van der Waals surface area contributed by atoms with Gasteiger partial charge in [0, 0.05) is 18.8 Å². The van der Waals surface area contributed by atoms with Gasteiger partial charge in [0.25, 0.3) is 0 Å². The fourth-order valence-corrected chi connectivity index (χ4v) is 2.13. The third-order valence-corrected chi connectivity index (χ3v) is 3.59. The third-order valence-electron chi connectivity index (χ3n) is 2.48. The van der Waals surface area contributed by atoms with E-state index in [0.29, 0.717) is 4.90 Å². The van der Waals surface area contributed by atoms with Crippen LogP contribution in [0.1, 0.15) is 24.0 Å². The molecule has 1 aromatic rings. The van der Waals surface area contributed by atoms with Crippen molar-refractivity contribution in [1.29, 1.82) is 0 Å². The van der Waals surface area contributed by atoms with Gasteiger partial charge in [0.15, 0.2) is 9.84 Å². The number of benzene rings is 1. The molecule has 1 atom stereocenters. The highest BCUT2D eigenvalue weighted by atomic mass is 32.2. The SMILES string of the molecule is Cc1ccc(S(C)(=O)=O)cc1C(C)CO. The Labute approximate surface area is 90.7 Å². The van der Waals surface area contributed by atoms with Crippen molar-refractivity contribution in [3.8, 4) is 0 Å². The molecule has 0 heterocycles. The van der Waals surface area contributed by atoms with Crippen LogP contribution in [0.5, 0.6) is 0 Å². The van der Waals surface area contributed by atoms with Crippen molar-refractivity contribution < 1.29 is 13.5 Å². The fraction of sp³-hybridized carbons (Fsp3) is 0.455. The van der Waals surface area contributed by atoms with Crippen molar-refractivity contribution in [2.75, 3.05) is 12.9 Å². The Kier molecular flexibility index (Phi) is 3.52. The number of aryl methyl sites for hydroxylation is 1. The Balaban J connectivity index is 3.29. The summed E-state index contributed by atoms with van der Waals surface area (Å²) in [5.74, 6) is -0.0355. The van der Waals surface area contributed by atoms with E-state index in [0.717, 1.165) is 11.1 Å². The Bertz CT molecular complexity index is 449. The van der Waals surface area contributed by atoms with Crippen LogP contribution < -0.4 is 0 Å². The Hall–Kier alpha value is -0.870. The Morgan fingerprint density at radius 2 is 2.00 bits per heavy atom. The predicted molar refractivity (Wildman–Crippen MR) is 59.8 cm³/mol. The van der Waals surface area contributed by atoms with Crippen molar-refractivity contribution in [2.45, 2.75) is 24.7 Å². The minimum Gasteiger partial charge on any atom is -0.396 e. The maximum Gasteiger partial charge on any atom is 0.175 e. The summed E-state index contributed by atoms with van der Waals surface area (Å²) in [6.07, 6.45) is 1.19. The molecule has 1 rings (SSSR count). The normalized spacial score (nSPS) is 13.9. The molecule has 1 N–H and O–H groups in total. The van der Waals surface area contributed by atoms with E-state index in [4.69, 9.17) is 5.11 Å². The molecule has 1 aromatic carbocycles. The zero-order valence-corrected chi connectivity index (χ0v) is 10.0. The van der Waals surface area contributed by atoms with Gasteiger partial charge in [-0.2, -0.15) is 0 Å². The van der Waals surface area contributed by atoms with E-state index in [1.807, 2.05) is 13.8 Å². The van der Waals surface area contributed by atoms with Crippen LogP contribution in [0.25, 0.3) is 0 Å². The molecule has 1 unspecified atom stereocenters. The topological polar surface area (TPSA) is 54.4 Å². The number of rotatable bonds is 3. The molecule has 15 heavy (non-hydrogen) atoms. The molecule has 0 fully saturated rings. The molecule has 0 radical (unpaired) electrons. The third kappa shape index (κ3) is 2.79. The first-order valence-electron chi connectivity index (χ1n) is 4.77. The molecule has 0 saturated carbocycles. The number of aliphatic hydroxyl groups is 1. The maximum absolute atomic E-state index is 11.3. The number of sulfone groups is 1. The van der Waals surface area contributed by atoms with Gasteiger partial charge in [0.05, 0.1) is 4.90 Å². The predicted octanol–water partition coefficient (Wildman–Crippen LogP) is 1.49. The van der Waals surface area contributed by atoms with Gasteiger partial charge in [-0.15, -0.1) is 0 Å². The van der Waals surface area contributed by atoms with Crippen molar-refractivity contribution >= 4 is 9.84 Å². The molecule has 0 aliphatic heterocycles. The summed E-state index contributed by atoms with van der Waals surface area (Å²) in [6, 6.07) is 5.02. The molecular formula is C11H16O3S. The largest absolute Gasteiger partial charge is 0.396 e. The number of hydrogen-bond donors (Lipinski definition) is 1. The quantitative estimate of drug-likeness (QED) is 0.853. The van der Waals surface area contributed by atoms with Crippen LogP contribution in [-0.4, -0.2) is 26.4 Å². The monoisotopic (exact) mass is 228 g/mol.